The van der Waals surface area contributed by atoms with Gasteiger partial charge in [-0.05, 0) is 24.3 Å². The van der Waals surface area contributed by atoms with Crippen LogP contribution in [-0.4, -0.2) is 21.2 Å². The number of nitrogens with one attached hydrogen (secondary N) is 1. The van der Waals surface area contributed by atoms with Gasteiger partial charge in [-0.25, -0.2) is 4.98 Å². The van der Waals surface area contributed by atoms with E-state index in [2.05, 4.69) is 20.0 Å². The van der Waals surface area contributed by atoms with E-state index in [0.717, 1.165) is 11.3 Å². The predicted molar refractivity (Wildman–Crippen MR) is 78.1 cm³/mol. The van der Waals surface area contributed by atoms with Crippen LogP contribution >= 0.6 is 11.3 Å². The summed E-state index contributed by atoms with van der Waals surface area (Å²) in [6, 6.07) is 8.37. The summed E-state index contributed by atoms with van der Waals surface area (Å²) in [5.74, 6) is 0.00521. The van der Waals surface area contributed by atoms with E-state index in [0.29, 0.717) is 10.8 Å². The Morgan fingerprint density at radius 3 is 2.81 bits per heavy atom. The van der Waals surface area contributed by atoms with Gasteiger partial charge < -0.3 is 14.9 Å². The Morgan fingerprint density at radius 2 is 2.10 bits per heavy atom. The molecule has 7 heteroatoms. The normalized spacial score (nSPS) is 10.5. The van der Waals surface area contributed by atoms with Crippen LogP contribution in [0, 0.1) is 0 Å². The molecule has 3 rings (SSSR count). The van der Waals surface area contributed by atoms with Gasteiger partial charge in [0.25, 0.3) is 0 Å². The van der Waals surface area contributed by atoms with E-state index in [1.807, 2.05) is 5.38 Å². The summed E-state index contributed by atoms with van der Waals surface area (Å²) in [6.07, 6.45) is 1.57. The highest BCUT2D eigenvalue weighted by atomic mass is 32.1. The minimum atomic E-state index is -0.199. The predicted octanol–water partition coefficient (Wildman–Crippen LogP) is 2.68. The second-order valence-electron chi connectivity index (χ2n) is 4.30. The molecule has 0 saturated heterocycles. The summed E-state index contributed by atoms with van der Waals surface area (Å²) in [4.78, 5) is 16.2. The third-order valence-corrected chi connectivity index (χ3v) is 3.50. The number of rotatable bonds is 4. The van der Waals surface area contributed by atoms with Crippen LogP contribution in [0.5, 0.6) is 5.75 Å². The van der Waals surface area contributed by atoms with Crippen molar-refractivity contribution in [2.24, 2.45) is 0 Å². The molecule has 0 saturated carbocycles. The monoisotopic (exact) mass is 301 g/mol. The number of hydrogen-bond donors (Lipinski definition) is 2. The van der Waals surface area contributed by atoms with Gasteiger partial charge in [-0.15, -0.1) is 11.3 Å². The fourth-order valence-corrected chi connectivity index (χ4v) is 2.49. The molecule has 0 aliphatic carbocycles. The number of anilines is 1. The van der Waals surface area contributed by atoms with Crippen molar-refractivity contribution < 1.29 is 14.4 Å². The van der Waals surface area contributed by atoms with Crippen molar-refractivity contribution in [2.45, 2.75) is 6.42 Å². The van der Waals surface area contributed by atoms with Crippen molar-refractivity contribution in [3.8, 4) is 17.0 Å². The Bertz CT molecular complexity index is 735. The molecule has 3 aromatic rings. The molecule has 0 radical (unpaired) electrons. The lowest BCUT2D eigenvalue weighted by Gasteiger charge is -1.99. The van der Waals surface area contributed by atoms with E-state index in [9.17, 15) is 9.90 Å². The maximum atomic E-state index is 11.8. The molecule has 2 N–H and O–H groups in total. The molecule has 1 amide bonds. The molecule has 21 heavy (non-hydrogen) atoms. The van der Waals surface area contributed by atoms with Gasteiger partial charge in [0, 0.05) is 17.0 Å². The minimum absolute atomic E-state index is 0.143. The third-order valence-electron chi connectivity index (χ3n) is 2.75. The van der Waals surface area contributed by atoms with E-state index in [4.69, 9.17) is 0 Å². The first-order chi connectivity index (χ1) is 10.2. The lowest BCUT2D eigenvalue weighted by Crippen LogP contribution is -2.14. The quantitative estimate of drug-likeness (QED) is 0.773. The Hall–Kier alpha value is -2.67. The van der Waals surface area contributed by atoms with Crippen LogP contribution in [-0.2, 0) is 11.2 Å². The molecular weight excluding hydrogens is 290 g/mol. The van der Waals surface area contributed by atoms with E-state index in [-0.39, 0.29) is 18.1 Å². The van der Waals surface area contributed by atoms with Crippen LogP contribution in [0.1, 0.15) is 5.69 Å². The third kappa shape index (κ3) is 3.26. The number of carbonyl (C=O) groups excluding carboxylic acids is 1. The van der Waals surface area contributed by atoms with Gasteiger partial charge in [-0.1, -0.05) is 5.16 Å². The second kappa shape index (κ2) is 5.76. The molecule has 2 aromatic heterocycles. The number of aromatic nitrogens is 2. The van der Waals surface area contributed by atoms with Gasteiger partial charge in [0.2, 0.25) is 5.91 Å². The van der Waals surface area contributed by atoms with Crippen LogP contribution < -0.4 is 5.32 Å². The standard InChI is InChI=1S/C14H11N3O3S/c18-11-3-1-9(2-4-11)12-8-21-14(15-12)16-13(19)7-10-5-6-20-17-10/h1-6,8,18H,7H2,(H,15,16,19). The Labute approximate surface area is 124 Å². The van der Waals surface area contributed by atoms with E-state index >= 15 is 0 Å². The maximum absolute atomic E-state index is 11.8. The maximum Gasteiger partial charge on any atom is 0.232 e. The Kier molecular flexibility index (Phi) is 3.65. The highest BCUT2D eigenvalue weighted by Crippen LogP contribution is 2.26. The first-order valence-electron chi connectivity index (χ1n) is 6.15. The zero-order valence-corrected chi connectivity index (χ0v) is 11.6. The van der Waals surface area contributed by atoms with Crippen molar-refractivity contribution >= 4 is 22.4 Å². The smallest absolute Gasteiger partial charge is 0.232 e. The zero-order valence-electron chi connectivity index (χ0n) is 10.8. The fraction of sp³-hybridized carbons (Fsp3) is 0.0714. The summed E-state index contributed by atoms with van der Waals surface area (Å²) in [5, 5.41) is 18.0. The highest BCUT2D eigenvalue weighted by Gasteiger charge is 2.10. The molecule has 0 bridgehead atoms. The van der Waals surface area contributed by atoms with E-state index in [1.165, 1.54) is 17.6 Å². The number of nitrogens with zero attached hydrogens (tertiary/aromatic N) is 2. The van der Waals surface area contributed by atoms with Crippen LogP contribution in [0.2, 0.25) is 0 Å². The van der Waals surface area contributed by atoms with E-state index in [1.54, 1.807) is 30.3 Å². The molecule has 0 aliphatic heterocycles. The van der Waals surface area contributed by atoms with Crippen molar-refractivity contribution in [1.29, 1.82) is 0 Å². The molecule has 0 unspecified atom stereocenters. The largest absolute Gasteiger partial charge is 0.508 e. The van der Waals surface area contributed by atoms with Gasteiger partial charge in [-0.3, -0.25) is 4.79 Å². The zero-order chi connectivity index (χ0) is 14.7. The number of thiazole rings is 1. The summed E-state index contributed by atoms with van der Waals surface area (Å²) >= 11 is 1.34. The first kappa shape index (κ1) is 13.3. The number of hydrogen-bond acceptors (Lipinski definition) is 6. The molecule has 106 valence electrons. The molecule has 6 nitrogen and oxygen atoms in total. The van der Waals surface area contributed by atoms with Crippen molar-refractivity contribution in [2.75, 3.05) is 5.32 Å². The van der Waals surface area contributed by atoms with Gasteiger partial charge in [0.1, 0.15) is 12.0 Å². The van der Waals surface area contributed by atoms with Crippen molar-refractivity contribution in [1.82, 2.24) is 10.1 Å². The number of benzene rings is 1. The molecule has 0 spiro atoms. The summed E-state index contributed by atoms with van der Waals surface area (Å²) in [6.45, 7) is 0. The number of phenols is 1. The van der Waals surface area contributed by atoms with Gasteiger partial charge in [-0.2, -0.15) is 0 Å². The molecule has 1 aromatic carbocycles. The number of aromatic hydroxyl groups is 1. The van der Waals surface area contributed by atoms with Gasteiger partial charge in [0.05, 0.1) is 17.8 Å². The summed E-state index contributed by atoms with van der Waals surface area (Å²) in [7, 11) is 0. The first-order valence-corrected chi connectivity index (χ1v) is 7.03. The van der Waals surface area contributed by atoms with Crippen LogP contribution in [0.15, 0.2) is 46.5 Å². The number of phenolic OH excluding ortho intramolecular Hbond substituents is 1. The average molecular weight is 301 g/mol. The second-order valence-corrected chi connectivity index (χ2v) is 5.16. The Balaban J connectivity index is 1.67. The van der Waals surface area contributed by atoms with Crippen molar-refractivity contribution in [3.05, 3.63) is 47.7 Å². The van der Waals surface area contributed by atoms with Gasteiger partial charge in [0.15, 0.2) is 5.13 Å². The Morgan fingerprint density at radius 1 is 1.29 bits per heavy atom. The average Bonchev–Trinajstić information content (AvgIpc) is 3.11. The molecule has 0 atom stereocenters. The highest BCUT2D eigenvalue weighted by molar-refractivity contribution is 7.14. The lowest BCUT2D eigenvalue weighted by molar-refractivity contribution is -0.115. The van der Waals surface area contributed by atoms with Crippen LogP contribution in [0.3, 0.4) is 0 Å². The fourth-order valence-electron chi connectivity index (χ4n) is 1.75. The summed E-state index contributed by atoms with van der Waals surface area (Å²) < 4.78 is 4.67. The summed E-state index contributed by atoms with van der Waals surface area (Å²) in [5.41, 5.74) is 2.20. The SMILES string of the molecule is O=C(Cc1ccon1)Nc1nc(-c2ccc(O)cc2)cs1. The molecular formula is C14H11N3O3S. The van der Waals surface area contributed by atoms with E-state index < -0.39 is 0 Å². The molecule has 2 heterocycles. The minimum Gasteiger partial charge on any atom is -0.508 e. The van der Waals surface area contributed by atoms with Crippen LogP contribution in [0.25, 0.3) is 11.3 Å². The molecule has 0 fully saturated rings. The van der Waals surface area contributed by atoms with Crippen molar-refractivity contribution in [3.63, 3.8) is 0 Å². The van der Waals surface area contributed by atoms with Crippen LogP contribution in [0.4, 0.5) is 5.13 Å². The van der Waals surface area contributed by atoms with Gasteiger partial charge >= 0.3 is 0 Å². The number of amides is 1. The lowest BCUT2D eigenvalue weighted by atomic mass is 10.2. The topological polar surface area (TPSA) is 88.3 Å². The molecule has 0 aliphatic rings. The number of carbonyl (C=O) groups is 1.